The summed E-state index contributed by atoms with van der Waals surface area (Å²) in [6.45, 7) is 25.6. The maximum absolute atomic E-state index is 13.8. The van der Waals surface area contributed by atoms with Crippen molar-refractivity contribution < 1.29 is 81.4 Å². The molecule has 6 fully saturated rings. The molecule has 4 amide bonds. The van der Waals surface area contributed by atoms with Crippen LogP contribution in [0.4, 0.5) is 14.4 Å². The topological polar surface area (TPSA) is 269 Å². The Bertz CT molecular complexity index is 2960. The number of aliphatic carboxylic acids is 1. The van der Waals surface area contributed by atoms with Crippen molar-refractivity contribution in [3.63, 3.8) is 0 Å². The maximum Gasteiger partial charge on any atom is 0.410 e. The van der Waals surface area contributed by atoms with Crippen LogP contribution in [0.5, 0.6) is 0 Å². The zero-order valence-electron chi connectivity index (χ0n) is 57.2. The molecule has 2 aromatic carbocycles. The summed E-state index contributed by atoms with van der Waals surface area (Å²) >= 11 is 0. The highest BCUT2D eigenvalue weighted by Crippen LogP contribution is 2.45. The van der Waals surface area contributed by atoms with Gasteiger partial charge in [0.05, 0.1) is 38.5 Å². The number of carbonyl (C=O) groups excluding carboxylic acids is 8. The first-order valence-corrected chi connectivity index (χ1v) is 33.9. The number of carboxylic acid groups (broad SMARTS) is 1. The number of hydrogen-bond acceptors (Lipinski definition) is 16. The van der Waals surface area contributed by atoms with Crippen molar-refractivity contribution in [1.29, 1.82) is 0 Å². The van der Waals surface area contributed by atoms with Gasteiger partial charge in [0.25, 0.3) is 0 Å². The third-order valence-corrected chi connectivity index (χ3v) is 18.8. The summed E-state index contributed by atoms with van der Waals surface area (Å²) in [5.41, 5.74) is 5.06. The Morgan fingerprint density at radius 1 is 0.604 bits per heavy atom. The van der Waals surface area contributed by atoms with Crippen LogP contribution in [-0.2, 0) is 61.9 Å². The van der Waals surface area contributed by atoms with Crippen LogP contribution in [0, 0.1) is 34.5 Å². The van der Waals surface area contributed by atoms with Gasteiger partial charge in [0.2, 0.25) is 5.91 Å². The third-order valence-electron chi connectivity index (χ3n) is 18.8. The van der Waals surface area contributed by atoms with Crippen LogP contribution in [0.15, 0.2) is 72.8 Å². The van der Waals surface area contributed by atoms with Crippen molar-refractivity contribution >= 4 is 53.3 Å². The second-order valence-corrected chi connectivity index (χ2v) is 28.8. The van der Waals surface area contributed by atoms with Crippen LogP contribution >= 0.6 is 0 Å². The SMILES string of the molecule is C.C.C=C1C[C@@H](C(=O)C[C@@H](CCC)C(OC)C(=O)CC2CC2)N(C(=O)OCC2c3ccccc3-c3ccccc32)C1.C=C1C[C@@H](C(=O)C[C@@H](CCC)C(OC)C(=O)CC2CC2)N(C(=O)[C@@H](NC(=O)O[C@H]2CCOC2)C(C)(C)C)C1.CC(C)(C)[C@H](NC(=O)O[C@H]1CCOC1)C(=O)O. The molecule has 3 aliphatic carbocycles. The standard InChI is InChI=1S/C33H39NO5.C29H46N2O7.C11H19NO5.2CH4/c1-4-9-23(32(38-3)31(36)17-22-14-15-22)18-30(35)29-16-21(2)19-34(29)33(37)39-20-28-26-12-7-5-10-24(26)25-11-6-8-13-27(25)28;1-7-8-20(25(36-6)24(33)14-19-9-10-19)15-23(32)22-13-18(2)16-31(22)27(34)26(29(3,4)5)30-28(35)38-21-11-12-37-17-21;1-11(2,3)8(9(13)14)12-10(15)17-7-4-5-16-6-7;;/h5-8,10-13,22-23,28-29,32H,2,4,9,14-20H2,1,3H3;19-22,25-26H,2,7-17H2,1,3-6H3,(H,30,35);7-8H,4-6H2,1-3H3,(H,12,15)(H,13,14);2*1H4/t23-,29+,32?;20-,21+,22+,25?,26-;7-,8+;;/m110../s1. The predicted octanol–water partition coefficient (Wildman–Crippen LogP) is 12.4. The Morgan fingerprint density at radius 3 is 1.39 bits per heavy atom. The Hall–Kier alpha value is -6.81. The van der Waals surface area contributed by atoms with E-state index in [0.29, 0.717) is 89.8 Å². The number of carbonyl (C=O) groups is 9. The Balaban J connectivity index is 0.000000277. The third kappa shape index (κ3) is 22.4. The Kier molecular flexibility index (Phi) is 30.5. The Morgan fingerprint density at radius 2 is 1.01 bits per heavy atom. The molecule has 4 heterocycles. The first-order chi connectivity index (χ1) is 44.6. The van der Waals surface area contributed by atoms with Crippen LogP contribution in [0.3, 0.4) is 0 Å². The largest absolute Gasteiger partial charge is 0.480 e. The van der Waals surface area contributed by atoms with Crippen molar-refractivity contribution in [3.8, 4) is 11.1 Å². The highest BCUT2D eigenvalue weighted by Gasteiger charge is 2.46. The van der Waals surface area contributed by atoms with Crippen LogP contribution in [0.25, 0.3) is 11.1 Å². The van der Waals surface area contributed by atoms with Crippen LogP contribution in [-0.4, -0.2) is 177 Å². The van der Waals surface area contributed by atoms with E-state index >= 15 is 0 Å². The van der Waals surface area contributed by atoms with Gasteiger partial charge >= 0.3 is 24.2 Å². The second kappa shape index (κ2) is 36.7. The molecule has 96 heavy (non-hydrogen) atoms. The molecule has 0 bridgehead atoms. The normalized spacial score (nSPS) is 21.5. The van der Waals surface area contributed by atoms with E-state index in [9.17, 15) is 43.2 Å². The minimum atomic E-state index is -1.07. The quantitative estimate of drug-likeness (QED) is 0.0528. The number of likely N-dealkylation sites (tertiary alicyclic amines) is 2. The molecule has 2 aromatic rings. The van der Waals surface area contributed by atoms with E-state index in [1.165, 1.54) is 28.0 Å². The summed E-state index contributed by atoms with van der Waals surface area (Å²) in [5.74, 6) is -0.983. The highest BCUT2D eigenvalue weighted by atomic mass is 16.6. The number of amides is 4. The van der Waals surface area contributed by atoms with Crippen molar-refractivity contribution in [1.82, 2.24) is 20.4 Å². The molecule has 0 spiro atoms. The van der Waals surface area contributed by atoms with Gasteiger partial charge in [-0.05, 0) is 108 Å². The summed E-state index contributed by atoms with van der Waals surface area (Å²) in [7, 11) is 3.09. The average Bonchev–Trinajstić information content (AvgIpc) is 1.62. The van der Waals surface area contributed by atoms with Gasteiger partial charge in [0.1, 0.15) is 43.1 Å². The maximum atomic E-state index is 13.8. The molecule has 0 radical (unpaired) electrons. The number of benzene rings is 2. The number of rotatable bonds is 28. The van der Waals surface area contributed by atoms with Crippen LogP contribution in [0.2, 0.25) is 0 Å². The van der Waals surface area contributed by atoms with Gasteiger partial charge in [-0.2, -0.15) is 0 Å². The first kappa shape index (κ1) is 79.9. The lowest BCUT2D eigenvalue weighted by atomic mass is 9.84. The fourth-order valence-electron chi connectivity index (χ4n) is 13.4. The molecule has 7 aliphatic rings. The number of methoxy groups -OCH3 is 2. The van der Waals surface area contributed by atoms with Crippen molar-refractivity contribution in [2.45, 2.75) is 227 Å². The number of carboxylic acids is 1. The molecular formula is C75H112N4O17. The molecule has 2 unspecified atom stereocenters. The zero-order valence-corrected chi connectivity index (χ0v) is 57.2. The summed E-state index contributed by atoms with van der Waals surface area (Å²) in [4.78, 5) is 119. The van der Waals surface area contributed by atoms with Gasteiger partial charge < -0.3 is 53.8 Å². The zero-order chi connectivity index (χ0) is 68.6. The van der Waals surface area contributed by atoms with Crippen molar-refractivity contribution in [3.05, 3.63) is 84.0 Å². The fraction of sp³-hybridized carbons (Fsp3) is 0.667. The first-order valence-electron chi connectivity index (χ1n) is 33.9. The molecule has 0 aromatic heterocycles. The number of nitrogens with one attached hydrogen (secondary N) is 2. The molecule has 9 rings (SSSR count). The van der Waals surface area contributed by atoms with Crippen LogP contribution in [0.1, 0.15) is 190 Å². The van der Waals surface area contributed by atoms with Gasteiger partial charge in [-0.3, -0.25) is 28.9 Å². The molecular weight excluding hydrogens is 1230 g/mol. The summed E-state index contributed by atoms with van der Waals surface area (Å²) in [6, 6.07) is 13.3. The van der Waals surface area contributed by atoms with Gasteiger partial charge in [-0.1, -0.05) is 156 Å². The van der Waals surface area contributed by atoms with E-state index in [-0.39, 0.29) is 99.8 Å². The number of Topliss-reactive ketones (excluding diaryl/α,β-unsaturated/α-hetero) is 4. The molecule has 2 saturated carbocycles. The van der Waals surface area contributed by atoms with E-state index in [1.54, 1.807) is 27.9 Å². The van der Waals surface area contributed by atoms with E-state index in [2.05, 4.69) is 55.0 Å². The van der Waals surface area contributed by atoms with Gasteiger partial charge in [-0.25, -0.2) is 19.2 Å². The molecule has 4 aliphatic heterocycles. The number of nitrogens with zero attached hydrogens (tertiary/aromatic N) is 2. The number of alkyl carbamates (subject to hydrolysis) is 2. The van der Waals surface area contributed by atoms with Gasteiger partial charge in [0, 0.05) is 71.8 Å². The smallest absolute Gasteiger partial charge is 0.410 e. The van der Waals surface area contributed by atoms with Gasteiger partial charge in [-0.15, -0.1) is 0 Å². The summed E-state index contributed by atoms with van der Waals surface area (Å²) in [5, 5.41) is 14.1. The van der Waals surface area contributed by atoms with Crippen molar-refractivity contribution in [2.75, 3.05) is 60.3 Å². The molecule has 10 atom stereocenters. The molecule has 534 valence electrons. The van der Waals surface area contributed by atoms with E-state index < -0.39 is 71.5 Å². The lowest BCUT2D eigenvalue weighted by Crippen LogP contribution is -2.57. The number of hydrogen-bond donors (Lipinski definition) is 3. The van der Waals surface area contributed by atoms with E-state index in [0.717, 1.165) is 67.2 Å². The highest BCUT2D eigenvalue weighted by molar-refractivity contribution is 5.95. The van der Waals surface area contributed by atoms with Crippen LogP contribution < -0.4 is 10.6 Å². The minimum Gasteiger partial charge on any atom is -0.480 e. The fourth-order valence-corrected chi connectivity index (χ4v) is 13.4. The van der Waals surface area contributed by atoms with Crippen molar-refractivity contribution in [2.24, 2.45) is 34.5 Å². The van der Waals surface area contributed by atoms with E-state index in [1.807, 2.05) is 52.0 Å². The van der Waals surface area contributed by atoms with Gasteiger partial charge in [0.15, 0.2) is 23.1 Å². The lowest BCUT2D eigenvalue weighted by molar-refractivity contribution is -0.142. The lowest BCUT2D eigenvalue weighted by Gasteiger charge is -2.35. The van der Waals surface area contributed by atoms with E-state index in [4.69, 9.17) is 38.3 Å². The number of ether oxygens (including phenoxy) is 7. The molecule has 21 nitrogen and oxygen atoms in total. The monoisotopic (exact) mass is 1340 g/mol. The second-order valence-electron chi connectivity index (χ2n) is 28.8. The minimum absolute atomic E-state index is 0. The molecule has 3 N–H and O–H groups in total. The summed E-state index contributed by atoms with van der Waals surface area (Å²) < 4.78 is 38.0. The molecule has 4 saturated heterocycles. The number of fused-ring (bicyclic) bond motifs is 3. The predicted molar refractivity (Wildman–Crippen MR) is 366 cm³/mol. The average molecular weight is 1340 g/mol. The number of ketones is 4. The Labute approximate surface area is 570 Å². The molecule has 21 heteroatoms. The summed E-state index contributed by atoms with van der Waals surface area (Å²) in [6.07, 6.45) is 7.19.